The average molecular weight is 532 g/mol. The molecule has 0 unspecified atom stereocenters. The van der Waals surface area contributed by atoms with Gasteiger partial charge in [-0.05, 0) is 47.0 Å². The number of hydrogen-bond acceptors (Lipinski definition) is 2. The van der Waals surface area contributed by atoms with E-state index in [9.17, 15) is 39.9 Å². The van der Waals surface area contributed by atoms with Crippen molar-refractivity contribution in [2.24, 2.45) is 0 Å². The van der Waals surface area contributed by atoms with E-state index in [0.29, 0.717) is 11.6 Å². The molecule has 2 N–H and O–H groups in total. The maximum absolute atomic E-state index is 14.5. The van der Waals surface area contributed by atoms with Gasteiger partial charge in [0.25, 0.3) is 0 Å². The van der Waals surface area contributed by atoms with Crippen LogP contribution in [0.4, 0.5) is 39.9 Å². The Balaban J connectivity index is 2.30. The van der Waals surface area contributed by atoms with Crippen molar-refractivity contribution in [1.82, 2.24) is 10.6 Å². The first kappa shape index (κ1) is 27.8. The Bertz CT molecular complexity index is 1250. The zero-order chi connectivity index (χ0) is 27.4. The fraction of sp³-hybridized carbons (Fsp3) is 0.240. The van der Waals surface area contributed by atoms with Crippen LogP contribution in [0.1, 0.15) is 22.3 Å². The molecule has 3 aromatic rings. The number of halogens is 8. The highest BCUT2D eigenvalue weighted by molar-refractivity contribution is 5.76. The first-order valence-electron chi connectivity index (χ1n) is 10.6. The number of rotatable bonds is 7. The maximum atomic E-state index is 14.5. The predicted molar refractivity (Wildman–Crippen MR) is 118 cm³/mol. The molecular formula is C25H20F8N2O2. The van der Waals surface area contributed by atoms with Gasteiger partial charge in [0.05, 0.1) is 18.2 Å². The molecule has 0 aliphatic rings. The van der Waals surface area contributed by atoms with Gasteiger partial charge in [-0.25, -0.2) is 13.6 Å². The molecule has 12 heteroatoms. The van der Waals surface area contributed by atoms with E-state index >= 15 is 0 Å². The van der Waals surface area contributed by atoms with Crippen LogP contribution in [-0.4, -0.2) is 25.9 Å². The van der Waals surface area contributed by atoms with Crippen LogP contribution in [0, 0.1) is 11.6 Å². The van der Waals surface area contributed by atoms with Crippen LogP contribution in [-0.2, 0) is 18.1 Å². The molecule has 0 aliphatic heterocycles. The van der Waals surface area contributed by atoms with Gasteiger partial charge in [-0.15, -0.1) is 0 Å². The second kappa shape index (κ2) is 10.7. The normalized spacial score (nSPS) is 13.5. The summed E-state index contributed by atoms with van der Waals surface area (Å²) in [5.74, 6) is -2.52. The predicted octanol–water partition coefficient (Wildman–Crippen LogP) is 6.34. The summed E-state index contributed by atoms with van der Waals surface area (Å²) in [7, 11) is 1.12. The van der Waals surface area contributed by atoms with Gasteiger partial charge in [-0.1, -0.05) is 36.4 Å². The van der Waals surface area contributed by atoms with Crippen molar-refractivity contribution in [1.29, 1.82) is 0 Å². The van der Waals surface area contributed by atoms with Crippen molar-refractivity contribution < 1.29 is 44.7 Å². The van der Waals surface area contributed by atoms with Crippen molar-refractivity contribution in [2.75, 3.05) is 13.7 Å². The highest BCUT2D eigenvalue weighted by Crippen LogP contribution is 2.39. The number of hydrogen-bond donors (Lipinski definition) is 2. The van der Waals surface area contributed by atoms with E-state index in [-0.39, 0.29) is 23.8 Å². The zero-order valence-electron chi connectivity index (χ0n) is 19.1. The number of alkyl halides is 6. The third-order valence-corrected chi connectivity index (χ3v) is 5.45. The molecule has 0 heterocycles. The summed E-state index contributed by atoms with van der Waals surface area (Å²) in [6.45, 7) is -1.75. The standard InChI is InChI=1S/C25H20F8N2O2/c1-37-21-12-16(7-8-20(21)27)23(13-15-5-3-2-4-6-15,35-22(36)34-14-24(28,29)30)17-9-18(25(31,32)33)11-19(26)10-17/h2-12H,13-14H2,1H3,(H2,34,35,36)/t23-/m1/s1. The van der Waals surface area contributed by atoms with E-state index < -0.39 is 53.2 Å². The molecule has 37 heavy (non-hydrogen) atoms. The fourth-order valence-electron chi connectivity index (χ4n) is 3.80. The van der Waals surface area contributed by atoms with Crippen LogP contribution in [0.2, 0.25) is 0 Å². The second-order valence-corrected chi connectivity index (χ2v) is 8.07. The first-order valence-corrected chi connectivity index (χ1v) is 10.6. The van der Waals surface area contributed by atoms with E-state index in [2.05, 4.69) is 5.32 Å². The minimum absolute atomic E-state index is 0.0736. The topological polar surface area (TPSA) is 50.4 Å². The Hall–Kier alpha value is -3.83. The molecule has 1 atom stereocenters. The number of urea groups is 1. The van der Waals surface area contributed by atoms with Gasteiger partial charge in [-0.3, -0.25) is 0 Å². The average Bonchev–Trinajstić information content (AvgIpc) is 2.82. The minimum Gasteiger partial charge on any atom is -0.494 e. The number of carbonyl (C=O) groups excluding carboxylic acids is 1. The molecule has 198 valence electrons. The van der Waals surface area contributed by atoms with Gasteiger partial charge >= 0.3 is 18.4 Å². The molecule has 0 aliphatic carbocycles. The van der Waals surface area contributed by atoms with E-state index in [1.54, 1.807) is 35.6 Å². The number of amides is 2. The second-order valence-electron chi connectivity index (χ2n) is 8.07. The summed E-state index contributed by atoms with van der Waals surface area (Å²) in [6.07, 6.45) is -10.1. The van der Waals surface area contributed by atoms with Crippen LogP contribution in [0.25, 0.3) is 0 Å². The maximum Gasteiger partial charge on any atom is 0.416 e. The summed E-state index contributed by atoms with van der Waals surface area (Å²) in [6, 6.07) is 11.1. The van der Waals surface area contributed by atoms with Crippen molar-refractivity contribution in [3.63, 3.8) is 0 Å². The summed E-state index contributed by atoms with van der Waals surface area (Å²) in [5.41, 5.74) is -3.60. The third kappa shape index (κ3) is 6.89. The molecule has 0 radical (unpaired) electrons. The van der Waals surface area contributed by atoms with Crippen molar-refractivity contribution in [3.05, 3.63) is 101 Å². The van der Waals surface area contributed by atoms with Crippen LogP contribution in [0.15, 0.2) is 66.7 Å². The first-order chi connectivity index (χ1) is 17.2. The van der Waals surface area contributed by atoms with Crippen molar-refractivity contribution in [3.8, 4) is 5.75 Å². The highest BCUT2D eigenvalue weighted by Gasteiger charge is 2.41. The number of benzene rings is 3. The Labute approximate surface area is 206 Å². The smallest absolute Gasteiger partial charge is 0.416 e. The van der Waals surface area contributed by atoms with E-state index in [1.165, 1.54) is 0 Å². The van der Waals surface area contributed by atoms with Crippen LogP contribution in [0.5, 0.6) is 5.75 Å². The third-order valence-electron chi connectivity index (χ3n) is 5.45. The van der Waals surface area contributed by atoms with Gasteiger partial charge < -0.3 is 15.4 Å². The molecule has 0 bridgehead atoms. The number of nitrogens with one attached hydrogen (secondary N) is 2. The largest absolute Gasteiger partial charge is 0.494 e. The molecule has 0 saturated heterocycles. The van der Waals surface area contributed by atoms with Crippen molar-refractivity contribution in [2.45, 2.75) is 24.3 Å². The number of methoxy groups -OCH3 is 1. The molecule has 4 nitrogen and oxygen atoms in total. The number of ether oxygens (including phenoxy) is 1. The molecule has 3 rings (SSSR count). The van der Waals surface area contributed by atoms with Gasteiger partial charge in [-0.2, -0.15) is 26.3 Å². The van der Waals surface area contributed by atoms with Gasteiger partial charge in [0.1, 0.15) is 12.4 Å². The Kier molecular flexibility index (Phi) is 7.99. The van der Waals surface area contributed by atoms with Crippen molar-refractivity contribution >= 4 is 6.03 Å². The van der Waals surface area contributed by atoms with Crippen LogP contribution < -0.4 is 15.4 Å². The van der Waals surface area contributed by atoms with E-state index in [4.69, 9.17) is 4.74 Å². The molecule has 3 aromatic carbocycles. The van der Waals surface area contributed by atoms with Gasteiger partial charge in [0, 0.05) is 6.42 Å². The summed E-state index contributed by atoms with van der Waals surface area (Å²) in [4.78, 5) is 12.7. The lowest BCUT2D eigenvalue weighted by Gasteiger charge is -2.37. The molecule has 2 amide bonds. The lowest BCUT2D eigenvalue weighted by atomic mass is 9.77. The molecular weight excluding hydrogens is 512 g/mol. The summed E-state index contributed by atoms with van der Waals surface area (Å²) < 4.78 is 113. The summed E-state index contributed by atoms with van der Waals surface area (Å²) in [5, 5.41) is 3.91. The SMILES string of the molecule is COc1cc([C@@](Cc2ccccc2)(NC(=O)NCC(F)(F)F)c2cc(F)cc(C(F)(F)F)c2)ccc1F. The van der Waals surface area contributed by atoms with Gasteiger partial charge in [0.15, 0.2) is 11.6 Å². The van der Waals surface area contributed by atoms with E-state index in [1.807, 2.05) is 0 Å². The van der Waals surface area contributed by atoms with E-state index in [0.717, 1.165) is 31.4 Å². The summed E-state index contributed by atoms with van der Waals surface area (Å²) >= 11 is 0. The molecule has 0 aromatic heterocycles. The Morgan fingerprint density at radius 3 is 2.08 bits per heavy atom. The quantitative estimate of drug-likeness (QED) is 0.349. The Morgan fingerprint density at radius 2 is 1.49 bits per heavy atom. The highest BCUT2D eigenvalue weighted by atomic mass is 19.4. The lowest BCUT2D eigenvalue weighted by Crippen LogP contribution is -2.53. The number of carbonyl (C=O) groups is 1. The van der Waals surface area contributed by atoms with Gasteiger partial charge in [0.2, 0.25) is 0 Å². The molecule has 0 spiro atoms. The lowest BCUT2D eigenvalue weighted by molar-refractivity contribution is -0.137. The monoisotopic (exact) mass is 532 g/mol. The molecule has 0 saturated carbocycles. The zero-order valence-corrected chi connectivity index (χ0v) is 19.1. The Morgan fingerprint density at radius 1 is 0.838 bits per heavy atom. The van der Waals surface area contributed by atoms with Crippen LogP contribution >= 0.6 is 0 Å². The fourth-order valence-corrected chi connectivity index (χ4v) is 3.80. The minimum atomic E-state index is -4.99. The molecule has 0 fully saturated rings. The van der Waals surface area contributed by atoms with Crippen LogP contribution in [0.3, 0.4) is 0 Å².